The molecule has 5 rings (SSSR count). The minimum atomic E-state index is -0.691. The highest BCUT2D eigenvalue weighted by Crippen LogP contribution is 2.40. The second kappa shape index (κ2) is 9.26. The van der Waals surface area contributed by atoms with Crippen LogP contribution in [0.15, 0.2) is 54.6 Å². The van der Waals surface area contributed by atoms with E-state index in [-0.39, 0.29) is 18.0 Å². The number of piperidine rings is 1. The Morgan fingerprint density at radius 2 is 1.65 bits per heavy atom. The average molecular weight is 460 g/mol. The lowest BCUT2D eigenvalue weighted by molar-refractivity contribution is -0.136. The van der Waals surface area contributed by atoms with Gasteiger partial charge in [0.25, 0.3) is 5.91 Å². The minimum Gasteiger partial charge on any atom is -0.496 e. The van der Waals surface area contributed by atoms with Gasteiger partial charge < -0.3 is 9.64 Å². The van der Waals surface area contributed by atoms with Gasteiger partial charge in [0.1, 0.15) is 11.3 Å². The van der Waals surface area contributed by atoms with Crippen molar-refractivity contribution < 1.29 is 14.3 Å². The molecule has 0 unspecified atom stereocenters. The summed E-state index contributed by atoms with van der Waals surface area (Å²) in [5, 5.41) is 0. The average Bonchev–Trinajstić information content (AvgIpc) is 3.37. The van der Waals surface area contributed by atoms with E-state index in [1.165, 1.54) is 11.1 Å². The molecule has 2 heterocycles. The Labute approximate surface area is 201 Å². The molecule has 2 aromatic rings. The first-order chi connectivity index (χ1) is 16.6. The van der Waals surface area contributed by atoms with Gasteiger partial charge in [0.15, 0.2) is 0 Å². The molecule has 1 aliphatic carbocycles. The van der Waals surface area contributed by atoms with E-state index in [1.54, 1.807) is 12.0 Å². The molecular weight excluding hydrogens is 426 g/mol. The van der Waals surface area contributed by atoms with E-state index < -0.39 is 5.54 Å². The number of imide groups is 1. The molecule has 178 valence electrons. The van der Waals surface area contributed by atoms with E-state index in [0.717, 1.165) is 43.8 Å². The van der Waals surface area contributed by atoms with Gasteiger partial charge in [-0.15, -0.1) is 0 Å². The fourth-order valence-electron chi connectivity index (χ4n) is 5.94. The molecule has 0 N–H and O–H groups in total. The Hall–Kier alpha value is -3.12. The van der Waals surface area contributed by atoms with Crippen molar-refractivity contribution in [2.45, 2.75) is 44.2 Å². The number of ether oxygens (including phenoxy) is 1. The zero-order valence-corrected chi connectivity index (χ0v) is 20.1. The molecule has 3 amide bonds. The van der Waals surface area contributed by atoms with Crippen molar-refractivity contribution in [1.29, 1.82) is 0 Å². The number of rotatable bonds is 6. The monoisotopic (exact) mass is 459 g/mol. The predicted octanol–water partition coefficient (Wildman–Crippen LogP) is 3.99. The van der Waals surface area contributed by atoms with E-state index in [2.05, 4.69) is 29.2 Å². The van der Waals surface area contributed by atoms with Crippen LogP contribution in [0.25, 0.3) is 6.08 Å². The SMILES string of the molecule is CCN1C(=O)N(C2Cc3ccccc3C2)C(=O)C12CCN(C/C=C/c1ccccc1OC)CC2. The number of carbonyl (C=O) groups is 2. The van der Waals surface area contributed by atoms with Gasteiger partial charge in [-0.1, -0.05) is 54.6 Å². The van der Waals surface area contributed by atoms with Crippen molar-refractivity contribution in [3.05, 3.63) is 71.3 Å². The van der Waals surface area contributed by atoms with E-state index in [9.17, 15) is 9.59 Å². The van der Waals surface area contributed by atoms with Gasteiger partial charge in [-0.05, 0) is 49.8 Å². The molecule has 0 radical (unpaired) electrons. The number of likely N-dealkylation sites (N-methyl/N-ethyl adjacent to an activating group) is 1. The van der Waals surface area contributed by atoms with Crippen LogP contribution in [0, 0.1) is 0 Å². The molecule has 0 aromatic heterocycles. The molecule has 2 saturated heterocycles. The molecule has 3 aliphatic rings. The van der Waals surface area contributed by atoms with Crippen molar-refractivity contribution in [3.8, 4) is 5.75 Å². The van der Waals surface area contributed by atoms with Crippen molar-refractivity contribution in [2.75, 3.05) is 33.3 Å². The Morgan fingerprint density at radius 1 is 1.00 bits per heavy atom. The third-order valence-corrected chi connectivity index (χ3v) is 7.76. The first-order valence-corrected chi connectivity index (χ1v) is 12.3. The first kappa shape index (κ1) is 22.7. The zero-order valence-electron chi connectivity index (χ0n) is 20.1. The molecule has 6 nitrogen and oxygen atoms in total. The lowest BCUT2D eigenvalue weighted by Crippen LogP contribution is -2.56. The number of amides is 3. The van der Waals surface area contributed by atoms with Crippen molar-refractivity contribution in [1.82, 2.24) is 14.7 Å². The molecule has 2 aromatic carbocycles. The topological polar surface area (TPSA) is 53.1 Å². The number of benzene rings is 2. The van der Waals surface area contributed by atoms with E-state index in [1.807, 2.05) is 48.2 Å². The summed E-state index contributed by atoms with van der Waals surface area (Å²) in [5.41, 5.74) is 2.88. The Balaban J connectivity index is 1.26. The predicted molar refractivity (Wildman–Crippen MR) is 133 cm³/mol. The second-order valence-corrected chi connectivity index (χ2v) is 9.51. The van der Waals surface area contributed by atoms with Crippen LogP contribution in [0.5, 0.6) is 5.75 Å². The maximum absolute atomic E-state index is 13.8. The van der Waals surface area contributed by atoms with Gasteiger partial charge >= 0.3 is 6.03 Å². The summed E-state index contributed by atoms with van der Waals surface area (Å²) in [7, 11) is 1.68. The highest BCUT2D eigenvalue weighted by atomic mass is 16.5. The smallest absolute Gasteiger partial charge is 0.327 e. The van der Waals surface area contributed by atoms with Crippen molar-refractivity contribution in [2.24, 2.45) is 0 Å². The summed E-state index contributed by atoms with van der Waals surface area (Å²) < 4.78 is 5.43. The molecule has 0 saturated carbocycles. The van der Waals surface area contributed by atoms with Crippen LogP contribution in [0.4, 0.5) is 4.79 Å². The number of urea groups is 1. The Kier molecular flexibility index (Phi) is 6.17. The maximum atomic E-state index is 13.8. The molecule has 1 spiro atoms. The van der Waals surface area contributed by atoms with E-state index in [0.29, 0.717) is 19.4 Å². The van der Waals surface area contributed by atoms with Crippen LogP contribution in [-0.2, 0) is 17.6 Å². The van der Waals surface area contributed by atoms with Crippen molar-refractivity contribution >= 4 is 18.0 Å². The van der Waals surface area contributed by atoms with Crippen molar-refractivity contribution in [3.63, 3.8) is 0 Å². The third kappa shape index (κ3) is 3.80. The minimum absolute atomic E-state index is 0.0152. The summed E-state index contributed by atoms with van der Waals surface area (Å²) in [6.07, 6.45) is 7.14. The van der Waals surface area contributed by atoms with Gasteiger partial charge in [-0.2, -0.15) is 0 Å². The summed E-state index contributed by atoms with van der Waals surface area (Å²) in [5.74, 6) is 0.875. The summed E-state index contributed by atoms with van der Waals surface area (Å²) >= 11 is 0. The largest absolute Gasteiger partial charge is 0.496 e. The van der Waals surface area contributed by atoms with E-state index in [4.69, 9.17) is 4.74 Å². The summed E-state index contributed by atoms with van der Waals surface area (Å²) in [6.45, 7) is 4.95. The lowest BCUT2D eigenvalue weighted by atomic mass is 9.85. The fourth-order valence-corrected chi connectivity index (χ4v) is 5.94. The number of para-hydroxylation sites is 1. The number of likely N-dealkylation sites (tertiary alicyclic amines) is 1. The number of fused-ring (bicyclic) bond motifs is 1. The van der Waals surface area contributed by atoms with Crippen LogP contribution < -0.4 is 4.74 Å². The van der Waals surface area contributed by atoms with Gasteiger partial charge in [0.05, 0.1) is 7.11 Å². The number of nitrogens with zero attached hydrogens (tertiary/aromatic N) is 3. The van der Waals surface area contributed by atoms with Gasteiger partial charge in [0.2, 0.25) is 0 Å². The molecule has 2 fully saturated rings. The van der Waals surface area contributed by atoms with Gasteiger partial charge in [-0.3, -0.25) is 14.6 Å². The highest BCUT2D eigenvalue weighted by Gasteiger charge is 2.59. The van der Waals surface area contributed by atoms with Gasteiger partial charge in [0, 0.05) is 37.8 Å². The Bertz CT molecular complexity index is 1080. The molecule has 2 aliphatic heterocycles. The van der Waals surface area contributed by atoms with E-state index >= 15 is 0 Å². The number of methoxy groups -OCH3 is 1. The quantitative estimate of drug-likeness (QED) is 0.613. The van der Waals surface area contributed by atoms with Crippen LogP contribution >= 0.6 is 0 Å². The highest BCUT2D eigenvalue weighted by molar-refractivity contribution is 6.07. The molecule has 0 bridgehead atoms. The first-order valence-electron chi connectivity index (χ1n) is 12.3. The van der Waals surface area contributed by atoms with Crippen LogP contribution in [-0.4, -0.2) is 71.5 Å². The molecule has 34 heavy (non-hydrogen) atoms. The normalized spacial score (nSPS) is 20.6. The van der Waals surface area contributed by atoms with Crippen LogP contribution in [0.2, 0.25) is 0 Å². The van der Waals surface area contributed by atoms with Crippen LogP contribution in [0.3, 0.4) is 0 Å². The van der Waals surface area contributed by atoms with Crippen LogP contribution in [0.1, 0.15) is 36.5 Å². The van der Waals surface area contributed by atoms with Gasteiger partial charge in [-0.25, -0.2) is 4.79 Å². The maximum Gasteiger partial charge on any atom is 0.327 e. The zero-order chi connectivity index (χ0) is 23.7. The second-order valence-electron chi connectivity index (χ2n) is 9.51. The third-order valence-electron chi connectivity index (χ3n) is 7.76. The number of hydrogen-bond acceptors (Lipinski definition) is 4. The molecule has 6 heteroatoms. The summed E-state index contributed by atoms with van der Waals surface area (Å²) in [4.78, 5) is 33.0. The summed E-state index contributed by atoms with van der Waals surface area (Å²) in [6, 6.07) is 16.1. The number of carbonyl (C=O) groups excluding carboxylic acids is 2. The fraction of sp³-hybridized carbons (Fsp3) is 0.429. The lowest BCUT2D eigenvalue weighted by Gasteiger charge is -2.41. The Morgan fingerprint density at radius 3 is 2.29 bits per heavy atom. The molecular formula is C28H33N3O3. The molecule has 0 atom stereocenters. The number of hydrogen-bond donors (Lipinski definition) is 0. The standard InChI is InChI=1S/C28H33N3O3/c1-3-30-27(33)31(24-19-22-10-4-5-11-23(22)20-24)26(32)28(30)14-17-29(18-15-28)16-8-12-21-9-6-7-13-25(21)34-2/h4-13,24H,3,14-20H2,1-2H3/b12-8+.